The maximum Gasteiger partial charge on any atom is 0.131 e. The number of nitrogens with two attached hydrogens (primary N) is 1. The number of rotatable bonds is 2. The Balaban J connectivity index is 0.00000112. The van der Waals surface area contributed by atoms with Crippen molar-refractivity contribution in [3.63, 3.8) is 0 Å². The zero-order valence-electron chi connectivity index (χ0n) is 8.32. The standard InChI is InChI=1S/C11H14FNO.ClH/c12-10-6-8(14)4-5-9(10)11(13)7-2-1-3-7;/h4-7,11,14H,1-3,13H2;1H/t11-;/m1./s1. The molecule has 0 aromatic heterocycles. The van der Waals surface area contributed by atoms with Gasteiger partial charge in [0.15, 0.2) is 0 Å². The first-order valence-corrected chi connectivity index (χ1v) is 4.92. The maximum absolute atomic E-state index is 13.4. The smallest absolute Gasteiger partial charge is 0.131 e. The van der Waals surface area contributed by atoms with E-state index in [1.54, 1.807) is 6.07 Å². The summed E-state index contributed by atoms with van der Waals surface area (Å²) in [5, 5.41) is 9.05. The lowest BCUT2D eigenvalue weighted by Gasteiger charge is -2.31. The molecule has 0 heterocycles. The SMILES string of the molecule is Cl.N[C@@H](c1ccc(O)cc1F)C1CCC1. The summed E-state index contributed by atoms with van der Waals surface area (Å²) in [5.74, 6) is -0.0366. The molecular weight excluding hydrogens is 217 g/mol. The third kappa shape index (κ3) is 2.41. The molecule has 4 heteroatoms. The van der Waals surface area contributed by atoms with Gasteiger partial charge in [-0.15, -0.1) is 12.4 Å². The molecule has 1 aromatic carbocycles. The van der Waals surface area contributed by atoms with Gasteiger partial charge in [-0.05, 0) is 24.8 Å². The van der Waals surface area contributed by atoms with Gasteiger partial charge in [-0.1, -0.05) is 12.5 Å². The van der Waals surface area contributed by atoms with Crippen LogP contribution in [0.4, 0.5) is 4.39 Å². The lowest BCUT2D eigenvalue weighted by Crippen LogP contribution is -2.27. The quantitative estimate of drug-likeness (QED) is 0.822. The number of aromatic hydroxyl groups is 1. The van der Waals surface area contributed by atoms with Crippen LogP contribution in [0.3, 0.4) is 0 Å². The lowest BCUT2D eigenvalue weighted by molar-refractivity contribution is 0.260. The van der Waals surface area contributed by atoms with Crippen molar-refractivity contribution < 1.29 is 9.50 Å². The van der Waals surface area contributed by atoms with Crippen LogP contribution in [0, 0.1) is 11.7 Å². The van der Waals surface area contributed by atoms with Gasteiger partial charge in [-0.25, -0.2) is 4.39 Å². The highest BCUT2D eigenvalue weighted by Gasteiger charge is 2.27. The Morgan fingerprint density at radius 2 is 2.07 bits per heavy atom. The van der Waals surface area contributed by atoms with E-state index in [-0.39, 0.29) is 24.2 Å². The predicted molar refractivity (Wildman–Crippen MR) is 59.6 cm³/mol. The number of phenols is 1. The summed E-state index contributed by atoms with van der Waals surface area (Å²) in [6.07, 6.45) is 3.36. The average molecular weight is 232 g/mol. The predicted octanol–water partition coefficient (Wildman–Crippen LogP) is 2.75. The van der Waals surface area contributed by atoms with Gasteiger partial charge in [0, 0.05) is 17.7 Å². The van der Waals surface area contributed by atoms with Crippen LogP contribution in [-0.2, 0) is 0 Å². The monoisotopic (exact) mass is 231 g/mol. The third-order valence-electron chi connectivity index (χ3n) is 3.00. The average Bonchev–Trinajstić information content (AvgIpc) is 2.00. The van der Waals surface area contributed by atoms with E-state index in [0.29, 0.717) is 11.5 Å². The minimum absolute atomic E-state index is 0. The Morgan fingerprint density at radius 3 is 2.53 bits per heavy atom. The van der Waals surface area contributed by atoms with Crippen molar-refractivity contribution >= 4 is 12.4 Å². The minimum Gasteiger partial charge on any atom is -0.508 e. The van der Waals surface area contributed by atoms with Gasteiger partial charge in [0.05, 0.1) is 0 Å². The number of hydrogen-bond acceptors (Lipinski definition) is 2. The highest BCUT2D eigenvalue weighted by Crippen LogP contribution is 2.37. The Kier molecular flexibility index (Phi) is 3.94. The molecule has 2 rings (SSSR count). The van der Waals surface area contributed by atoms with E-state index in [2.05, 4.69) is 0 Å². The van der Waals surface area contributed by atoms with Crippen molar-refractivity contribution in [2.45, 2.75) is 25.3 Å². The molecule has 0 radical (unpaired) electrons. The maximum atomic E-state index is 13.4. The Labute approximate surface area is 94.7 Å². The van der Waals surface area contributed by atoms with Crippen molar-refractivity contribution in [3.8, 4) is 5.75 Å². The molecule has 3 N–H and O–H groups in total. The van der Waals surface area contributed by atoms with Gasteiger partial charge < -0.3 is 10.8 Å². The van der Waals surface area contributed by atoms with Crippen molar-refractivity contribution in [1.82, 2.24) is 0 Å². The summed E-state index contributed by atoms with van der Waals surface area (Å²) in [5.41, 5.74) is 6.45. The summed E-state index contributed by atoms with van der Waals surface area (Å²) in [4.78, 5) is 0. The van der Waals surface area contributed by atoms with Crippen LogP contribution < -0.4 is 5.73 Å². The van der Waals surface area contributed by atoms with Crippen molar-refractivity contribution in [2.75, 3.05) is 0 Å². The van der Waals surface area contributed by atoms with E-state index >= 15 is 0 Å². The van der Waals surface area contributed by atoms with Crippen LogP contribution in [0.2, 0.25) is 0 Å². The second kappa shape index (κ2) is 4.81. The molecule has 0 bridgehead atoms. The molecule has 1 aromatic rings. The Hall–Kier alpha value is -0.800. The van der Waals surface area contributed by atoms with Crippen molar-refractivity contribution in [2.24, 2.45) is 11.7 Å². The van der Waals surface area contributed by atoms with E-state index in [4.69, 9.17) is 10.8 Å². The van der Waals surface area contributed by atoms with Crippen LogP contribution >= 0.6 is 12.4 Å². The fourth-order valence-corrected chi connectivity index (χ4v) is 1.84. The van der Waals surface area contributed by atoms with Crippen LogP contribution in [-0.4, -0.2) is 5.11 Å². The Bertz CT molecular complexity index is 341. The van der Waals surface area contributed by atoms with Gasteiger partial charge in [0.2, 0.25) is 0 Å². The molecule has 1 saturated carbocycles. The second-order valence-corrected chi connectivity index (χ2v) is 3.92. The van der Waals surface area contributed by atoms with Crippen LogP contribution in [0.15, 0.2) is 18.2 Å². The third-order valence-corrected chi connectivity index (χ3v) is 3.00. The van der Waals surface area contributed by atoms with Gasteiger partial charge in [0.25, 0.3) is 0 Å². The molecule has 15 heavy (non-hydrogen) atoms. The van der Waals surface area contributed by atoms with E-state index in [1.807, 2.05) is 0 Å². The van der Waals surface area contributed by atoms with E-state index in [9.17, 15) is 4.39 Å². The number of hydrogen-bond donors (Lipinski definition) is 2. The fraction of sp³-hybridized carbons (Fsp3) is 0.455. The van der Waals surface area contributed by atoms with Crippen LogP contribution in [0.1, 0.15) is 30.9 Å². The van der Waals surface area contributed by atoms with Crippen LogP contribution in [0.5, 0.6) is 5.75 Å². The number of phenolic OH excluding ortho intramolecular Hbond substituents is 1. The van der Waals surface area contributed by atoms with Crippen molar-refractivity contribution in [3.05, 3.63) is 29.6 Å². The van der Waals surface area contributed by atoms with E-state index in [1.165, 1.54) is 12.5 Å². The van der Waals surface area contributed by atoms with Gasteiger partial charge in [0.1, 0.15) is 11.6 Å². The molecule has 0 saturated heterocycles. The highest BCUT2D eigenvalue weighted by atomic mass is 35.5. The zero-order chi connectivity index (χ0) is 10.1. The highest BCUT2D eigenvalue weighted by molar-refractivity contribution is 5.85. The van der Waals surface area contributed by atoms with Gasteiger partial charge >= 0.3 is 0 Å². The van der Waals surface area contributed by atoms with Gasteiger partial charge in [-0.2, -0.15) is 0 Å². The van der Waals surface area contributed by atoms with E-state index < -0.39 is 5.82 Å². The topological polar surface area (TPSA) is 46.2 Å². The van der Waals surface area contributed by atoms with E-state index in [0.717, 1.165) is 18.9 Å². The largest absolute Gasteiger partial charge is 0.508 e. The van der Waals surface area contributed by atoms with Crippen LogP contribution in [0.25, 0.3) is 0 Å². The summed E-state index contributed by atoms with van der Waals surface area (Å²) in [7, 11) is 0. The Morgan fingerprint density at radius 1 is 1.40 bits per heavy atom. The van der Waals surface area contributed by atoms with Gasteiger partial charge in [-0.3, -0.25) is 0 Å². The second-order valence-electron chi connectivity index (χ2n) is 3.92. The molecule has 84 valence electrons. The zero-order valence-corrected chi connectivity index (χ0v) is 9.14. The molecule has 1 fully saturated rings. The fourth-order valence-electron chi connectivity index (χ4n) is 1.84. The molecule has 1 atom stereocenters. The number of halogens is 2. The number of benzene rings is 1. The lowest BCUT2D eigenvalue weighted by atomic mass is 9.77. The first-order chi connectivity index (χ1) is 6.68. The summed E-state index contributed by atoms with van der Waals surface area (Å²) >= 11 is 0. The molecule has 0 aliphatic heterocycles. The normalized spacial score (nSPS) is 17.7. The minimum atomic E-state index is -0.399. The van der Waals surface area contributed by atoms with Crippen molar-refractivity contribution in [1.29, 1.82) is 0 Å². The first-order valence-electron chi connectivity index (χ1n) is 4.92. The molecule has 0 unspecified atom stereocenters. The molecule has 0 amide bonds. The summed E-state index contributed by atoms with van der Waals surface area (Å²) in [6, 6.07) is 3.96. The first kappa shape index (κ1) is 12.3. The molecule has 1 aliphatic rings. The summed E-state index contributed by atoms with van der Waals surface area (Å²) in [6.45, 7) is 0. The molecule has 2 nitrogen and oxygen atoms in total. The molecule has 0 spiro atoms. The summed E-state index contributed by atoms with van der Waals surface area (Å²) < 4.78 is 13.4. The molecular formula is C11H15ClFNO. The molecule has 1 aliphatic carbocycles.